The lowest BCUT2D eigenvalue weighted by Gasteiger charge is -2.31. The lowest BCUT2D eigenvalue weighted by Crippen LogP contribution is -2.47. The molecule has 28 heavy (non-hydrogen) atoms. The van der Waals surface area contributed by atoms with Crippen LogP contribution in [-0.2, 0) is 10.9 Å². The van der Waals surface area contributed by atoms with Crippen LogP contribution in [0, 0.1) is 0 Å². The van der Waals surface area contributed by atoms with Crippen LogP contribution in [-0.4, -0.2) is 48.2 Å². The average molecular weight is 410 g/mol. The van der Waals surface area contributed by atoms with Crippen LogP contribution in [0.25, 0.3) is 10.9 Å². The van der Waals surface area contributed by atoms with Crippen LogP contribution >= 0.6 is 0 Å². The first kappa shape index (κ1) is 20.5. The van der Waals surface area contributed by atoms with Crippen LogP contribution in [0.4, 0.5) is 32.0 Å². The summed E-state index contributed by atoms with van der Waals surface area (Å²) in [6, 6.07) is 2.53. The maximum atomic E-state index is 13.3. The summed E-state index contributed by atoms with van der Waals surface area (Å²) >= 11 is 0. The first-order valence-corrected chi connectivity index (χ1v) is 8.20. The van der Waals surface area contributed by atoms with Gasteiger partial charge in [-0.2, -0.15) is 26.3 Å². The molecule has 1 fully saturated rings. The van der Waals surface area contributed by atoms with Gasteiger partial charge in [0.15, 0.2) is 6.10 Å². The quantitative estimate of drug-likeness (QED) is 0.764. The van der Waals surface area contributed by atoms with Gasteiger partial charge >= 0.3 is 12.4 Å². The van der Waals surface area contributed by atoms with Gasteiger partial charge in [-0.15, -0.1) is 0 Å². The van der Waals surface area contributed by atoms with Crippen molar-refractivity contribution in [1.82, 2.24) is 4.98 Å². The maximum Gasteiger partial charge on any atom is 0.417 e. The number of nitrogens with zero attached hydrogens (tertiary/aromatic N) is 1. The van der Waals surface area contributed by atoms with E-state index in [1.165, 1.54) is 24.1 Å². The Labute approximate surface area is 154 Å². The molecular formula is C17H16F6N2O3. The molecule has 0 unspecified atom stereocenters. The van der Waals surface area contributed by atoms with Gasteiger partial charge in [0.2, 0.25) is 5.56 Å². The predicted octanol–water partition coefficient (Wildman–Crippen LogP) is 3.06. The Bertz CT molecular complexity index is 924. The number of methoxy groups -OCH3 is 1. The summed E-state index contributed by atoms with van der Waals surface area (Å²) < 4.78 is 84.1. The third kappa shape index (κ3) is 3.81. The number of rotatable bonds is 3. The number of fused-ring (bicyclic) bond motifs is 1. The van der Waals surface area contributed by atoms with E-state index in [1.54, 1.807) is 0 Å². The number of aromatic amines is 1. The van der Waals surface area contributed by atoms with E-state index in [2.05, 4.69) is 4.98 Å². The SMILES string of the molecule is CO[C@@H]1C[C@H]([C@H](O)C(F)(F)F)N(c2ccc3[nH]c(=O)cc(C(F)(F)F)c3c2)C1. The highest BCUT2D eigenvalue weighted by molar-refractivity contribution is 5.86. The highest BCUT2D eigenvalue weighted by Gasteiger charge is 2.49. The fraction of sp³-hybridized carbons (Fsp3) is 0.471. The van der Waals surface area contributed by atoms with Crippen molar-refractivity contribution in [1.29, 1.82) is 0 Å². The number of benzene rings is 1. The topological polar surface area (TPSA) is 65.6 Å². The molecule has 0 bridgehead atoms. The van der Waals surface area contributed by atoms with Gasteiger partial charge < -0.3 is 19.7 Å². The minimum Gasteiger partial charge on any atom is -0.382 e. The number of nitrogens with one attached hydrogen (secondary N) is 1. The molecule has 2 aromatic rings. The van der Waals surface area contributed by atoms with Crippen LogP contribution in [0.1, 0.15) is 12.0 Å². The molecule has 1 aliphatic rings. The molecule has 1 aromatic carbocycles. The van der Waals surface area contributed by atoms with Crippen LogP contribution in [0.15, 0.2) is 29.1 Å². The lowest BCUT2D eigenvalue weighted by molar-refractivity contribution is -0.209. The van der Waals surface area contributed by atoms with Gasteiger partial charge in [0, 0.05) is 36.3 Å². The summed E-state index contributed by atoms with van der Waals surface area (Å²) in [5.41, 5.74) is -2.18. The summed E-state index contributed by atoms with van der Waals surface area (Å²) in [5, 5.41) is 9.36. The van der Waals surface area contributed by atoms with Crippen LogP contribution in [0.2, 0.25) is 0 Å². The first-order valence-electron chi connectivity index (χ1n) is 8.20. The second-order valence-electron chi connectivity index (χ2n) is 6.57. The van der Waals surface area contributed by atoms with E-state index in [0.717, 1.165) is 6.07 Å². The molecule has 11 heteroatoms. The number of alkyl halides is 6. The van der Waals surface area contributed by atoms with Crippen molar-refractivity contribution in [3.63, 3.8) is 0 Å². The lowest BCUT2D eigenvalue weighted by atomic mass is 10.0. The van der Waals surface area contributed by atoms with Gasteiger partial charge in [-0.05, 0) is 24.6 Å². The third-order valence-electron chi connectivity index (χ3n) is 4.80. The Kier molecular flexibility index (Phi) is 5.09. The van der Waals surface area contributed by atoms with Gasteiger partial charge in [-0.1, -0.05) is 0 Å². The predicted molar refractivity (Wildman–Crippen MR) is 88.2 cm³/mol. The molecule has 154 valence electrons. The average Bonchev–Trinajstić information content (AvgIpc) is 3.02. The summed E-state index contributed by atoms with van der Waals surface area (Å²) in [4.78, 5) is 14.9. The van der Waals surface area contributed by atoms with Crippen LogP contribution < -0.4 is 10.5 Å². The maximum absolute atomic E-state index is 13.3. The minimum absolute atomic E-state index is 0.0372. The van der Waals surface area contributed by atoms with E-state index in [0.29, 0.717) is 6.07 Å². The number of H-pyrrole nitrogens is 1. The van der Waals surface area contributed by atoms with Crippen molar-refractivity contribution in [3.05, 3.63) is 40.2 Å². The number of aliphatic hydroxyl groups is 1. The number of aromatic nitrogens is 1. The molecule has 1 saturated heterocycles. The van der Waals surface area contributed by atoms with Gasteiger partial charge in [0.25, 0.3) is 0 Å². The number of ether oxygens (including phenoxy) is 1. The second kappa shape index (κ2) is 6.96. The van der Waals surface area contributed by atoms with E-state index in [4.69, 9.17) is 4.74 Å². The molecule has 3 atom stereocenters. The molecule has 0 spiro atoms. The van der Waals surface area contributed by atoms with Gasteiger partial charge in [-0.25, -0.2) is 0 Å². The van der Waals surface area contributed by atoms with Crippen molar-refractivity contribution in [3.8, 4) is 0 Å². The zero-order chi connectivity index (χ0) is 20.9. The first-order chi connectivity index (χ1) is 12.9. The van der Waals surface area contributed by atoms with E-state index in [9.17, 15) is 36.2 Å². The monoisotopic (exact) mass is 410 g/mol. The normalized spacial score (nSPS) is 22.1. The smallest absolute Gasteiger partial charge is 0.382 e. The Morgan fingerprint density at radius 1 is 1.21 bits per heavy atom. The van der Waals surface area contributed by atoms with Crippen molar-refractivity contribution in [2.45, 2.75) is 37.0 Å². The van der Waals surface area contributed by atoms with Crippen LogP contribution in [0.3, 0.4) is 0 Å². The highest BCUT2D eigenvalue weighted by atomic mass is 19.4. The molecule has 1 aliphatic heterocycles. The van der Waals surface area contributed by atoms with E-state index in [-0.39, 0.29) is 29.6 Å². The van der Waals surface area contributed by atoms with Gasteiger partial charge in [-0.3, -0.25) is 4.79 Å². The fourth-order valence-electron chi connectivity index (χ4n) is 3.47. The van der Waals surface area contributed by atoms with Crippen molar-refractivity contribution in [2.24, 2.45) is 0 Å². The second-order valence-corrected chi connectivity index (χ2v) is 6.57. The van der Waals surface area contributed by atoms with Crippen molar-refractivity contribution in [2.75, 3.05) is 18.6 Å². The molecule has 0 radical (unpaired) electrons. The molecule has 2 N–H and O–H groups in total. The summed E-state index contributed by atoms with van der Waals surface area (Å²) in [7, 11) is 1.30. The number of hydrogen-bond acceptors (Lipinski definition) is 4. The number of hydrogen-bond donors (Lipinski definition) is 2. The third-order valence-corrected chi connectivity index (χ3v) is 4.80. The fourth-order valence-corrected chi connectivity index (χ4v) is 3.47. The van der Waals surface area contributed by atoms with Crippen molar-refractivity contribution < 1.29 is 36.2 Å². The molecule has 2 heterocycles. The Balaban J connectivity index is 2.11. The zero-order valence-corrected chi connectivity index (χ0v) is 14.4. The van der Waals surface area contributed by atoms with Crippen molar-refractivity contribution >= 4 is 16.6 Å². The van der Waals surface area contributed by atoms with E-state index in [1.807, 2.05) is 0 Å². The Hall–Kier alpha value is -2.27. The molecule has 3 rings (SSSR count). The number of pyridine rings is 1. The Morgan fingerprint density at radius 3 is 2.46 bits per heavy atom. The standard InChI is InChI=1S/C17H16F6N2O3/c1-28-9-5-13(15(27)17(21,22)23)25(7-9)8-2-3-12-10(4-8)11(16(18,19)20)6-14(26)24-12/h2-4,6,9,13,15,27H,5,7H2,1H3,(H,24,26)/t9-,13-,15+/m1/s1. The number of aliphatic hydroxyl groups excluding tert-OH is 1. The van der Waals surface area contributed by atoms with E-state index >= 15 is 0 Å². The van der Waals surface area contributed by atoms with Gasteiger partial charge in [0.1, 0.15) is 0 Å². The minimum atomic E-state index is -4.90. The molecule has 0 saturated carbocycles. The molecular weight excluding hydrogens is 394 g/mol. The summed E-state index contributed by atoms with van der Waals surface area (Å²) in [6.45, 7) is -0.0372. The molecule has 5 nitrogen and oxygen atoms in total. The largest absolute Gasteiger partial charge is 0.417 e. The molecule has 1 aromatic heterocycles. The highest BCUT2D eigenvalue weighted by Crippen LogP contribution is 2.38. The number of halogens is 6. The Morgan fingerprint density at radius 2 is 1.89 bits per heavy atom. The molecule has 0 aliphatic carbocycles. The van der Waals surface area contributed by atoms with E-state index < -0.39 is 41.7 Å². The summed E-state index contributed by atoms with van der Waals surface area (Å²) in [5.74, 6) is 0. The molecule has 0 amide bonds. The van der Waals surface area contributed by atoms with Crippen LogP contribution in [0.5, 0.6) is 0 Å². The zero-order valence-electron chi connectivity index (χ0n) is 14.4. The van der Waals surface area contributed by atoms with Gasteiger partial charge in [0.05, 0.1) is 17.7 Å². The summed E-state index contributed by atoms with van der Waals surface area (Å²) in [6.07, 6.45) is -13.2. The number of anilines is 1.